The number of anilines is 3. The minimum atomic E-state index is -4.68. The summed E-state index contributed by atoms with van der Waals surface area (Å²) in [7, 11) is 2.27. The number of ether oxygens (including phenoxy) is 2. The fourth-order valence-corrected chi connectivity index (χ4v) is 3.41. The molecular formula is C23H16F5N3O4. The highest BCUT2D eigenvalue weighted by molar-refractivity contribution is 6.10. The number of pyridine rings is 1. The lowest BCUT2D eigenvalue weighted by Gasteiger charge is -2.16. The number of rotatable bonds is 6. The molecule has 0 atom stereocenters. The molecule has 12 heteroatoms. The van der Waals surface area contributed by atoms with Crippen molar-refractivity contribution in [1.29, 1.82) is 0 Å². The number of nitrogens with one attached hydrogen (secondary N) is 1. The monoisotopic (exact) mass is 493 g/mol. The Morgan fingerprint density at radius 2 is 1.71 bits per heavy atom. The topological polar surface area (TPSA) is 99.6 Å². The molecule has 0 aliphatic carbocycles. The summed E-state index contributed by atoms with van der Waals surface area (Å²) in [6, 6.07) is 6.73. The fraction of sp³-hybridized carbons (Fsp3) is 0.130. The molecule has 0 unspecified atom stereocenters. The van der Waals surface area contributed by atoms with Crippen LogP contribution in [-0.2, 0) is 6.18 Å². The standard InChI is InChI=1S/C23H16F5N3O4/c1-33-13-8-14(34-2)20(25)18(19(13)24)22(32)15-6-10-7-17(30-9-16(10)35-15)31-21-11(23(26,27)28)4-3-5-12(21)29/h3-9H,29H2,1-2H3,(H,30,31). The molecule has 3 N–H and O–H groups in total. The molecule has 0 spiro atoms. The molecule has 35 heavy (non-hydrogen) atoms. The van der Waals surface area contributed by atoms with Gasteiger partial charge in [0.25, 0.3) is 0 Å². The Morgan fingerprint density at radius 3 is 2.31 bits per heavy atom. The summed E-state index contributed by atoms with van der Waals surface area (Å²) in [6.45, 7) is 0. The van der Waals surface area contributed by atoms with E-state index in [0.717, 1.165) is 32.5 Å². The summed E-state index contributed by atoms with van der Waals surface area (Å²) in [6.07, 6.45) is -3.54. The van der Waals surface area contributed by atoms with Crippen molar-refractivity contribution in [3.05, 3.63) is 71.1 Å². The quantitative estimate of drug-likeness (QED) is 0.202. The average Bonchev–Trinajstić information content (AvgIpc) is 3.23. The zero-order chi connectivity index (χ0) is 25.5. The lowest BCUT2D eigenvalue weighted by atomic mass is 10.1. The third-order valence-electron chi connectivity index (χ3n) is 5.08. The Labute approximate surface area is 194 Å². The van der Waals surface area contributed by atoms with Crippen LogP contribution in [0.1, 0.15) is 21.7 Å². The number of alkyl halides is 3. The van der Waals surface area contributed by atoms with Gasteiger partial charge < -0.3 is 24.9 Å². The van der Waals surface area contributed by atoms with Crippen LogP contribution in [0.2, 0.25) is 0 Å². The van der Waals surface area contributed by atoms with E-state index in [1.807, 2.05) is 0 Å². The van der Waals surface area contributed by atoms with Crippen LogP contribution in [0, 0.1) is 11.6 Å². The Bertz CT molecular complexity index is 1420. The van der Waals surface area contributed by atoms with Crippen molar-refractivity contribution in [2.45, 2.75) is 6.18 Å². The van der Waals surface area contributed by atoms with Gasteiger partial charge >= 0.3 is 6.18 Å². The van der Waals surface area contributed by atoms with Crippen LogP contribution in [0.5, 0.6) is 11.5 Å². The first-order valence-electron chi connectivity index (χ1n) is 9.82. The molecule has 0 fully saturated rings. The van der Waals surface area contributed by atoms with E-state index in [-0.39, 0.29) is 22.5 Å². The molecule has 7 nitrogen and oxygen atoms in total. The van der Waals surface area contributed by atoms with Crippen molar-refractivity contribution in [2.75, 3.05) is 25.3 Å². The van der Waals surface area contributed by atoms with Crippen molar-refractivity contribution < 1.29 is 40.6 Å². The molecule has 2 aromatic heterocycles. The molecule has 4 rings (SSSR count). The van der Waals surface area contributed by atoms with Crippen molar-refractivity contribution in [1.82, 2.24) is 4.98 Å². The van der Waals surface area contributed by atoms with Crippen LogP contribution in [-0.4, -0.2) is 25.0 Å². The SMILES string of the molecule is COc1cc(OC)c(F)c(C(=O)c2cc3cc(Nc4c(N)cccc4C(F)(F)F)ncc3o2)c1F. The normalized spacial score (nSPS) is 11.5. The number of hydrogen-bond donors (Lipinski definition) is 2. The zero-order valence-corrected chi connectivity index (χ0v) is 18.1. The first-order valence-corrected chi connectivity index (χ1v) is 9.82. The first kappa shape index (κ1) is 23.8. The van der Waals surface area contributed by atoms with Gasteiger partial charge in [-0.3, -0.25) is 4.79 Å². The van der Waals surface area contributed by atoms with Crippen molar-refractivity contribution >= 4 is 33.9 Å². The highest BCUT2D eigenvalue weighted by Gasteiger charge is 2.34. The second kappa shape index (κ2) is 8.78. The van der Waals surface area contributed by atoms with Crippen LogP contribution in [0.3, 0.4) is 0 Å². The predicted molar refractivity (Wildman–Crippen MR) is 116 cm³/mol. The average molecular weight is 493 g/mol. The minimum absolute atomic E-state index is 0.0406. The summed E-state index contributed by atoms with van der Waals surface area (Å²) < 4.78 is 84.6. The number of para-hydroxylation sites is 1. The number of carbonyl (C=O) groups excluding carboxylic acids is 1. The molecule has 0 bridgehead atoms. The van der Waals surface area contributed by atoms with Crippen LogP contribution in [0.25, 0.3) is 11.0 Å². The maximum absolute atomic E-state index is 14.7. The van der Waals surface area contributed by atoms with Gasteiger partial charge in [0.2, 0.25) is 5.78 Å². The van der Waals surface area contributed by atoms with Crippen LogP contribution >= 0.6 is 0 Å². The number of hydrogen-bond acceptors (Lipinski definition) is 7. The second-order valence-electron chi connectivity index (χ2n) is 7.22. The summed E-state index contributed by atoms with van der Waals surface area (Å²) in [5.41, 5.74) is 3.24. The highest BCUT2D eigenvalue weighted by Crippen LogP contribution is 2.39. The molecule has 0 radical (unpaired) electrons. The number of halogens is 5. The number of aromatic nitrogens is 1. The molecule has 2 aromatic carbocycles. The number of benzene rings is 2. The number of ketones is 1. The summed E-state index contributed by atoms with van der Waals surface area (Å²) in [4.78, 5) is 16.9. The van der Waals surface area contributed by atoms with E-state index in [1.54, 1.807) is 0 Å². The number of nitrogens with zero attached hydrogens (tertiary/aromatic N) is 1. The Balaban J connectivity index is 1.74. The van der Waals surface area contributed by atoms with E-state index >= 15 is 0 Å². The van der Waals surface area contributed by atoms with Gasteiger partial charge in [0.05, 0.1) is 37.4 Å². The van der Waals surface area contributed by atoms with Gasteiger partial charge in [0, 0.05) is 11.5 Å². The molecule has 0 saturated carbocycles. The molecule has 2 heterocycles. The van der Waals surface area contributed by atoms with Gasteiger partial charge in [-0.1, -0.05) is 6.07 Å². The third-order valence-corrected chi connectivity index (χ3v) is 5.08. The van der Waals surface area contributed by atoms with Crippen LogP contribution in [0.15, 0.2) is 47.0 Å². The number of carbonyl (C=O) groups is 1. The molecule has 0 saturated heterocycles. The number of nitrogen functional groups attached to an aromatic ring is 1. The molecule has 0 amide bonds. The van der Waals surface area contributed by atoms with Gasteiger partial charge in [0.15, 0.2) is 34.5 Å². The zero-order valence-electron chi connectivity index (χ0n) is 18.1. The van der Waals surface area contributed by atoms with Crippen molar-refractivity contribution in [3.63, 3.8) is 0 Å². The molecule has 4 aromatic rings. The van der Waals surface area contributed by atoms with Gasteiger partial charge in [-0.15, -0.1) is 0 Å². The molecule has 0 aliphatic rings. The lowest BCUT2D eigenvalue weighted by Crippen LogP contribution is -2.11. The smallest absolute Gasteiger partial charge is 0.418 e. The highest BCUT2D eigenvalue weighted by atomic mass is 19.4. The van der Waals surface area contributed by atoms with E-state index in [2.05, 4.69) is 10.3 Å². The van der Waals surface area contributed by atoms with Gasteiger partial charge in [-0.2, -0.15) is 13.2 Å². The predicted octanol–water partition coefficient (Wildman–Crippen LogP) is 5.70. The van der Waals surface area contributed by atoms with E-state index in [1.165, 1.54) is 24.3 Å². The molecule has 0 aliphatic heterocycles. The van der Waals surface area contributed by atoms with Crippen LogP contribution in [0.4, 0.5) is 39.1 Å². The maximum Gasteiger partial charge on any atom is 0.418 e. The van der Waals surface area contributed by atoms with E-state index in [0.29, 0.717) is 0 Å². The minimum Gasteiger partial charge on any atom is -0.494 e. The van der Waals surface area contributed by atoms with E-state index in [4.69, 9.17) is 19.6 Å². The first-order chi connectivity index (χ1) is 16.5. The number of fused-ring (bicyclic) bond motifs is 1. The van der Waals surface area contributed by atoms with Crippen molar-refractivity contribution in [3.8, 4) is 11.5 Å². The fourth-order valence-electron chi connectivity index (χ4n) is 3.41. The summed E-state index contributed by atoms with van der Waals surface area (Å²) >= 11 is 0. The Hall–Kier alpha value is -4.35. The Morgan fingerprint density at radius 1 is 1.06 bits per heavy atom. The number of furan rings is 1. The summed E-state index contributed by atoms with van der Waals surface area (Å²) in [5.74, 6) is -4.97. The van der Waals surface area contributed by atoms with E-state index < -0.39 is 57.7 Å². The third kappa shape index (κ3) is 4.29. The van der Waals surface area contributed by atoms with Gasteiger partial charge in [-0.05, 0) is 24.3 Å². The molecular weight excluding hydrogens is 477 g/mol. The largest absolute Gasteiger partial charge is 0.494 e. The van der Waals surface area contributed by atoms with Crippen molar-refractivity contribution in [2.24, 2.45) is 0 Å². The van der Waals surface area contributed by atoms with Gasteiger partial charge in [0.1, 0.15) is 11.4 Å². The van der Waals surface area contributed by atoms with Gasteiger partial charge in [-0.25, -0.2) is 13.8 Å². The summed E-state index contributed by atoms with van der Waals surface area (Å²) in [5, 5.41) is 2.75. The number of methoxy groups -OCH3 is 2. The number of nitrogens with two attached hydrogens (primary N) is 1. The lowest BCUT2D eigenvalue weighted by molar-refractivity contribution is -0.136. The maximum atomic E-state index is 14.7. The second-order valence-corrected chi connectivity index (χ2v) is 7.22. The van der Waals surface area contributed by atoms with E-state index in [9.17, 15) is 26.7 Å². The Kier molecular flexibility index (Phi) is 5.97. The molecule has 182 valence electrons. The van der Waals surface area contributed by atoms with Crippen LogP contribution < -0.4 is 20.5 Å².